The van der Waals surface area contributed by atoms with Gasteiger partial charge < -0.3 is 15.0 Å². The molecule has 10 heteroatoms. The largest absolute Gasteiger partial charge is 0.476 e. The maximum absolute atomic E-state index is 12.9. The van der Waals surface area contributed by atoms with E-state index in [9.17, 15) is 9.59 Å². The lowest BCUT2D eigenvalue weighted by Crippen LogP contribution is -2.44. The summed E-state index contributed by atoms with van der Waals surface area (Å²) in [5, 5.41) is 3.06. The fourth-order valence-electron chi connectivity index (χ4n) is 5.74. The molecule has 0 unspecified atom stereocenters. The summed E-state index contributed by atoms with van der Waals surface area (Å²) in [5.74, 6) is 1.24. The van der Waals surface area contributed by atoms with Crippen molar-refractivity contribution >= 4 is 34.7 Å². The molecule has 2 aromatic rings. The number of hydrogen-bond acceptors (Lipinski definition) is 7. The number of amidine groups is 1. The molecule has 5 rings (SSSR count). The van der Waals surface area contributed by atoms with Crippen molar-refractivity contribution in [1.82, 2.24) is 20.2 Å². The van der Waals surface area contributed by atoms with Crippen molar-refractivity contribution < 1.29 is 14.3 Å². The number of aromatic nitrogens is 2. The minimum Gasteiger partial charge on any atom is -0.476 e. The van der Waals surface area contributed by atoms with Crippen LogP contribution in [-0.4, -0.2) is 70.8 Å². The number of nitrogens with zero attached hydrogens (tertiary/aromatic N) is 5. The molecule has 1 N–H and O–H groups in total. The normalized spacial score (nSPS) is 23.0. The molecule has 1 aliphatic carbocycles. The molecule has 0 atom stereocenters. The van der Waals surface area contributed by atoms with Crippen molar-refractivity contribution in [3.05, 3.63) is 34.4 Å². The Hall–Kier alpha value is -2.85. The number of carbonyl (C=O) groups is 2. The topological polar surface area (TPSA) is 100 Å². The van der Waals surface area contributed by atoms with Crippen LogP contribution in [0.5, 0.6) is 5.88 Å². The Labute approximate surface area is 228 Å². The van der Waals surface area contributed by atoms with Gasteiger partial charge in [0.05, 0.1) is 17.4 Å². The van der Waals surface area contributed by atoms with Crippen LogP contribution in [0, 0.1) is 5.92 Å². The molecule has 9 nitrogen and oxygen atoms in total. The molecule has 0 spiro atoms. The molecule has 4 heterocycles. The van der Waals surface area contributed by atoms with Crippen molar-refractivity contribution in [3.8, 4) is 5.88 Å². The number of aliphatic imine (C=N–C) groups is 1. The number of carbonyl (C=O) groups excluding carboxylic acids is 2. The van der Waals surface area contributed by atoms with Gasteiger partial charge in [-0.1, -0.05) is 6.42 Å². The fraction of sp³-hybridized carbons (Fsp3) is 0.607. The minimum absolute atomic E-state index is 0.0288. The van der Waals surface area contributed by atoms with Gasteiger partial charge in [-0.15, -0.1) is 11.3 Å². The highest BCUT2D eigenvalue weighted by atomic mass is 32.1. The van der Waals surface area contributed by atoms with Crippen LogP contribution in [0.15, 0.2) is 29.0 Å². The molecule has 2 aliphatic heterocycles. The summed E-state index contributed by atoms with van der Waals surface area (Å²) in [4.78, 5) is 43.9. The molecule has 0 aromatic carbocycles. The molecule has 1 saturated carbocycles. The molecule has 1 saturated heterocycles. The molecular weight excluding hydrogens is 500 g/mol. The molecule has 0 radical (unpaired) electrons. The number of fused-ring (bicyclic) bond motifs is 1. The Morgan fingerprint density at radius 2 is 1.95 bits per heavy atom. The summed E-state index contributed by atoms with van der Waals surface area (Å²) >= 11 is 1.30. The fourth-order valence-corrected chi connectivity index (χ4v) is 6.25. The summed E-state index contributed by atoms with van der Waals surface area (Å²) in [6.45, 7) is 7.77. The third-order valence-corrected chi connectivity index (χ3v) is 8.43. The summed E-state index contributed by atoms with van der Waals surface area (Å²) in [6.07, 6.45) is 11.2. The van der Waals surface area contributed by atoms with E-state index in [1.165, 1.54) is 30.6 Å². The lowest BCUT2D eigenvalue weighted by Gasteiger charge is -2.36. The zero-order valence-corrected chi connectivity index (χ0v) is 23.2. The Morgan fingerprint density at radius 1 is 1.16 bits per heavy atom. The van der Waals surface area contributed by atoms with Crippen LogP contribution >= 0.6 is 11.3 Å². The van der Waals surface area contributed by atoms with Gasteiger partial charge >= 0.3 is 0 Å². The molecule has 2 aromatic heterocycles. The smallest absolute Gasteiger partial charge is 0.290 e. The van der Waals surface area contributed by atoms with Gasteiger partial charge in [-0.25, -0.2) is 4.98 Å². The molecule has 204 valence electrons. The van der Waals surface area contributed by atoms with Gasteiger partial charge in [0, 0.05) is 48.8 Å². The number of likely N-dealkylation sites (tertiary alicyclic amines) is 1. The van der Waals surface area contributed by atoms with Gasteiger partial charge in [-0.2, -0.15) is 4.99 Å². The van der Waals surface area contributed by atoms with E-state index in [0.717, 1.165) is 62.4 Å². The molecule has 38 heavy (non-hydrogen) atoms. The van der Waals surface area contributed by atoms with E-state index in [4.69, 9.17) is 4.74 Å². The average Bonchev–Trinajstić information content (AvgIpc) is 3.57. The Balaban J connectivity index is 1.32. The molecule has 3 aliphatic rings. The average molecular weight is 539 g/mol. The highest BCUT2D eigenvalue weighted by Crippen LogP contribution is 2.38. The van der Waals surface area contributed by atoms with E-state index < -0.39 is 0 Å². The lowest BCUT2D eigenvalue weighted by atomic mass is 9.84. The second-order valence-electron chi connectivity index (χ2n) is 10.8. The number of pyridine rings is 1. The van der Waals surface area contributed by atoms with Gasteiger partial charge in [-0.05, 0) is 65.5 Å². The predicted molar refractivity (Wildman–Crippen MR) is 149 cm³/mol. The second-order valence-corrected chi connectivity index (χ2v) is 11.7. The maximum atomic E-state index is 12.9. The van der Waals surface area contributed by atoms with Crippen LogP contribution < -0.4 is 15.0 Å². The Kier molecular flexibility index (Phi) is 8.68. The lowest BCUT2D eigenvalue weighted by molar-refractivity contribution is -0.126. The Bertz CT molecular complexity index is 1140. The van der Waals surface area contributed by atoms with E-state index in [0.29, 0.717) is 23.8 Å². The van der Waals surface area contributed by atoms with Gasteiger partial charge in [-0.3, -0.25) is 19.5 Å². The number of ether oxygens (including phenoxy) is 1. The number of rotatable bonds is 8. The predicted octanol–water partition coefficient (Wildman–Crippen LogP) is 4.09. The highest BCUT2D eigenvalue weighted by molar-refractivity contribution is 7.11. The van der Waals surface area contributed by atoms with Crippen LogP contribution in [0.25, 0.3) is 0 Å². The van der Waals surface area contributed by atoms with Gasteiger partial charge in [0.25, 0.3) is 5.91 Å². The van der Waals surface area contributed by atoms with E-state index >= 15 is 0 Å². The molecule has 2 fully saturated rings. The molecule has 2 amide bonds. The first-order valence-electron chi connectivity index (χ1n) is 13.9. The van der Waals surface area contributed by atoms with E-state index in [2.05, 4.69) is 30.1 Å². The highest BCUT2D eigenvalue weighted by Gasteiger charge is 2.36. The number of piperidine rings is 1. The van der Waals surface area contributed by atoms with Gasteiger partial charge in [0.1, 0.15) is 17.3 Å². The zero-order chi connectivity index (χ0) is 26.5. The molecular formula is C28H38N6O3S. The maximum Gasteiger partial charge on any atom is 0.290 e. The number of thiazole rings is 1. The third kappa shape index (κ3) is 6.40. The summed E-state index contributed by atoms with van der Waals surface area (Å²) in [7, 11) is 0. The van der Waals surface area contributed by atoms with Crippen molar-refractivity contribution in [2.24, 2.45) is 10.9 Å². The molecule has 0 bridgehead atoms. The number of hydrogen-bond donors (Lipinski definition) is 1. The zero-order valence-electron chi connectivity index (χ0n) is 22.4. The van der Waals surface area contributed by atoms with Gasteiger partial charge in [0.2, 0.25) is 11.8 Å². The van der Waals surface area contributed by atoms with E-state index in [1.807, 2.05) is 26.1 Å². The third-order valence-electron chi connectivity index (χ3n) is 7.67. The van der Waals surface area contributed by atoms with Crippen LogP contribution in [0.2, 0.25) is 0 Å². The summed E-state index contributed by atoms with van der Waals surface area (Å²) in [5.41, 5.74) is 3.71. The summed E-state index contributed by atoms with van der Waals surface area (Å²) < 4.78 is 6.08. The number of anilines is 1. The SMILES string of the molecule is CC(C)NC(=O)C1CCC(N2C(=NC(=O)c3cncs3)Cc3cnc(OCCN4CCCCC4)cc32)CC1. The first-order valence-corrected chi connectivity index (χ1v) is 14.8. The standard InChI is InChI=1S/C28H38N6O3S/c1-19(2)31-27(35)20-6-8-22(9-7-20)34-23-15-26(37-13-12-33-10-4-3-5-11-33)30-16-21(23)14-25(34)32-28(36)24-17-29-18-38-24/h15-20,22H,3-14H2,1-2H3,(H,31,35). The van der Waals surface area contributed by atoms with E-state index in [1.54, 1.807) is 11.7 Å². The quantitative estimate of drug-likeness (QED) is 0.540. The number of amides is 2. The van der Waals surface area contributed by atoms with Crippen LogP contribution in [0.4, 0.5) is 5.69 Å². The van der Waals surface area contributed by atoms with Crippen LogP contribution in [-0.2, 0) is 11.2 Å². The van der Waals surface area contributed by atoms with Crippen LogP contribution in [0.3, 0.4) is 0 Å². The van der Waals surface area contributed by atoms with Crippen molar-refractivity contribution in [3.63, 3.8) is 0 Å². The monoisotopic (exact) mass is 538 g/mol. The van der Waals surface area contributed by atoms with Gasteiger partial charge in [0.15, 0.2) is 0 Å². The summed E-state index contributed by atoms with van der Waals surface area (Å²) in [6, 6.07) is 2.31. The van der Waals surface area contributed by atoms with Crippen molar-refractivity contribution in [1.29, 1.82) is 0 Å². The van der Waals surface area contributed by atoms with Crippen LogP contribution in [0.1, 0.15) is 74.0 Å². The first-order chi connectivity index (χ1) is 18.5. The van der Waals surface area contributed by atoms with E-state index in [-0.39, 0.29) is 29.8 Å². The first kappa shape index (κ1) is 26.7. The Morgan fingerprint density at radius 3 is 2.66 bits per heavy atom. The second kappa shape index (κ2) is 12.3. The van der Waals surface area contributed by atoms with Crippen molar-refractivity contribution in [2.75, 3.05) is 31.1 Å². The number of nitrogens with one attached hydrogen (secondary N) is 1. The minimum atomic E-state index is -0.267. The van der Waals surface area contributed by atoms with Crippen molar-refractivity contribution in [2.45, 2.75) is 77.3 Å².